The largest absolute Gasteiger partial charge is 0.437 e. The number of benzene rings is 1. The Morgan fingerprint density at radius 2 is 1.95 bits per heavy atom. The van der Waals surface area contributed by atoms with E-state index in [1.54, 1.807) is 12.1 Å². The molecule has 0 atom stereocenters. The first-order chi connectivity index (χ1) is 10.7. The molecule has 6 nitrogen and oxygen atoms in total. The van der Waals surface area contributed by atoms with Gasteiger partial charge in [0.2, 0.25) is 11.8 Å². The summed E-state index contributed by atoms with van der Waals surface area (Å²) in [6.45, 7) is -0.105. The minimum Gasteiger partial charge on any atom is -0.388 e. The van der Waals surface area contributed by atoms with Crippen molar-refractivity contribution in [2.24, 2.45) is 0 Å². The molecule has 1 amide bonds. The van der Waals surface area contributed by atoms with Crippen molar-refractivity contribution in [3.05, 3.63) is 40.9 Å². The maximum Gasteiger partial charge on any atom is 0.437 e. The van der Waals surface area contributed by atoms with Crippen molar-refractivity contribution in [3.8, 4) is 11.5 Å². The van der Waals surface area contributed by atoms with Crippen LogP contribution in [0.5, 0.6) is 0 Å². The maximum atomic E-state index is 12.0. The lowest BCUT2D eigenvalue weighted by atomic mass is 9.95. The average molecular weight is 301 g/mol. The first kappa shape index (κ1) is 14.6. The number of hydrogen-bond acceptors (Lipinski definition) is 4. The fourth-order valence-electron chi connectivity index (χ4n) is 2.76. The molecule has 1 aliphatic rings. The lowest BCUT2D eigenvalue weighted by Gasteiger charge is -2.22. The molecule has 1 fully saturated rings. The van der Waals surface area contributed by atoms with Crippen molar-refractivity contribution in [2.75, 3.05) is 0 Å². The molecule has 1 aromatic carbocycles. The van der Waals surface area contributed by atoms with E-state index >= 15 is 0 Å². The standard InChI is InChI=1S/C16H19N3O3/c20-14(17-13-9-5-2-6-10-13)11-19-16(21)22-15(18-19)12-7-3-1-4-8-12/h1,3-4,7-8,13H,2,5-6,9-11H2,(H,17,20). The average Bonchev–Trinajstić information content (AvgIpc) is 2.90. The zero-order valence-corrected chi connectivity index (χ0v) is 12.3. The minimum absolute atomic E-state index is 0.105. The first-order valence-corrected chi connectivity index (χ1v) is 7.65. The zero-order chi connectivity index (χ0) is 15.4. The van der Waals surface area contributed by atoms with Crippen molar-refractivity contribution >= 4 is 5.91 Å². The number of hydrogen-bond donors (Lipinski definition) is 1. The summed E-state index contributed by atoms with van der Waals surface area (Å²) in [5, 5.41) is 7.05. The predicted molar refractivity (Wildman–Crippen MR) is 81.2 cm³/mol. The van der Waals surface area contributed by atoms with Gasteiger partial charge < -0.3 is 9.73 Å². The molecule has 22 heavy (non-hydrogen) atoms. The quantitative estimate of drug-likeness (QED) is 0.936. The number of carbonyl (C=O) groups is 1. The van der Waals surface area contributed by atoms with Gasteiger partial charge >= 0.3 is 5.76 Å². The second kappa shape index (κ2) is 6.60. The van der Waals surface area contributed by atoms with E-state index in [2.05, 4.69) is 10.4 Å². The summed E-state index contributed by atoms with van der Waals surface area (Å²) in [7, 11) is 0. The number of amides is 1. The van der Waals surface area contributed by atoms with Gasteiger partial charge in [-0.2, -0.15) is 4.68 Å². The molecule has 1 N–H and O–H groups in total. The molecule has 6 heteroatoms. The van der Waals surface area contributed by atoms with Crippen molar-refractivity contribution in [3.63, 3.8) is 0 Å². The maximum absolute atomic E-state index is 12.0. The molecule has 0 unspecified atom stereocenters. The number of rotatable bonds is 4. The molecular weight excluding hydrogens is 282 g/mol. The monoisotopic (exact) mass is 301 g/mol. The van der Waals surface area contributed by atoms with Gasteiger partial charge in [-0.15, -0.1) is 5.10 Å². The summed E-state index contributed by atoms with van der Waals surface area (Å²) in [6, 6.07) is 9.37. The SMILES string of the molecule is O=C(Cn1nc(-c2ccccc2)oc1=O)NC1CCCCC1. The third-order valence-electron chi connectivity index (χ3n) is 3.89. The van der Waals surface area contributed by atoms with Crippen LogP contribution in [-0.2, 0) is 11.3 Å². The fraction of sp³-hybridized carbons (Fsp3) is 0.438. The lowest BCUT2D eigenvalue weighted by Crippen LogP contribution is -2.39. The van der Waals surface area contributed by atoms with Gasteiger partial charge in [-0.1, -0.05) is 37.5 Å². The third kappa shape index (κ3) is 3.44. The predicted octanol–water partition coefficient (Wildman–Crippen LogP) is 1.95. The molecule has 0 spiro atoms. The summed E-state index contributed by atoms with van der Waals surface area (Å²) < 4.78 is 6.18. The van der Waals surface area contributed by atoms with Crippen LogP contribution in [0.15, 0.2) is 39.5 Å². The first-order valence-electron chi connectivity index (χ1n) is 7.65. The third-order valence-corrected chi connectivity index (χ3v) is 3.89. The summed E-state index contributed by atoms with van der Waals surface area (Å²) in [5.41, 5.74) is 0.714. The molecule has 1 heterocycles. The van der Waals surface area contributed by atoms with Gasteiger partial charge in [0.1, 0.15) is 6.54 Å². The topological polar surface area (TPSA) is 77.1 Å². The minimum atomic E-state index is -0.613. The molecule has 0 bridgehead atoms. The molecule has 116 valence electrons. The molecule has 0 aliphatic heterocycles. The van der Waals surface area contributed by atoms with Crippen LogP contribution >= 0.6 is 0 Å². The van der Waals surface area contributed by atoms with E-state index in [1.165, 1.54) is 6.42 Å². The number of nitrogens with one attached hydrogen (secondary N) is 1. The van der Waals surface area contributed by atoms with Crippen LogP contribution in [-0.4, -0.2) is 21.7 Å². The summed E-state index contributed by atoms with van der Waals surface area (Å²) in [5.74, 6) is -0.573. The van der Waals surface area contributed by atoms with Crippen LogP contribution in [0, 0.1) is 0 Å². The van der Waals surface area contributed by atoms with Crippen molar-refractivity contribution in [1.29, 1.82) is 0 Å². The van der Waals surface area contributed by atoms with Gasteiger partial charge in [-0.05, 0) is 25.0 Å². The Morgan fingerprint density at radius 3 is 2.68 bits per heavy atom. The van der Waals surface area contributed by atoms with Crippen LogP contribution < -0.4 is 11.1 Å². The Labute approximate surface area is 128 Å². The van der Waals surface area contributed by atoms with E-state index in [9.17, 15) is 9.59 Å². The normalized spacial score (nSPS) is 15.6. The Hall–Kier alpha value is -2.37. The molecule has 3 rings (SSSR count). The van der Waals surface area contributed by atoms with E-state index in [-0.39, 0.29) is 24.4 Å². The van der Waals surface area contributed by atoms with Gasteiger partial charge in [-0.25, -0.2) is 4.79 Å². The van der Waals surface area contributed by atoms with Crippen LogP contribution in [0.25, 0.3) is 11.5 Å². The van der Waals surface area contributed by atoms with Crippen LogP contribution in [0.2, 0.25) is 0 Å². The molecule has 1 aliphatic carbocycles. The Balaban J connectivity index is 1.66. The van der Waals surface area contributed by atoms with E-state index in [0.717, 1.165) is 30.4 Å². The highest BCUT2D eigenvalue weighted by atomic mass is 16.4. The molecule has 1 aromatic heterocycles. The fourth-order valence-corrected chi connectivity index (χ4v) is 2.76. The van der Waals surface area contributed by atoms with Gasteiger partial charge in [0.05, 0.1) is 0 Å². The van der Waals surface area contributed by atoms with E-state index in [0.29, 0.717) is 5.56 Å². The van der Waals surface area contributed by atoms with Gasteiger partial charge in [0, 0.05) is 11.6 Å². The second-order valence-electron chi connectivity index (χ2n) is 5.60. The van der Waals surface area contributed by atoms with Crippen molar-refractivity contribution in [1.82, 2.24) is 15.1 Å². The van der Waals surface area contributed by atoms with E-state index < -0.39 is 5.76 Å². The highest BCUT2D eigenvalue weighted by Gasteiger charge is 2.18. The van der Waals surface area contributed by atoms with E-state index in [4.69, 9.17) is 4.42 Å². The van der Waals surface area contributed by atoms with Crippen LogP contribution in [0.4, 0.5) is 0 Å². The second-order valence-corrected chi connectivity index (χ2v) is 5.60. The molecule has 1 saturated carbocycles. The summed E-state index contributed by atoms with van der Waals surface area (Å²) in [4.78, 5) is 23.8. The zero-order valence-electron chi connectivity index (χ0n) is 12.3. The molecule has 2 aromatic rings. The van der Waals surface area contributed by atoms with Crippen molar-refractivity contribution < 1.29 is 9.21 Å². The summed E-state index contributed by atoms with van der Waals surface area (Å²) >= 11 is 0. The Kier molecular flexibility index (Phi) is 4.37. The number of aromatic nitrogens is 2. The number of carbonyl (C=O) groups excluding carboxylic acids is 1. The smallest absolute Gasteiger partial charge is 0.388 e. The van der Waals surface area contributed by atoms with Crippen molar-refractivity contribution in [2.45, 2.75) is 44.7 Å². The lowest BCUT2D eigenvalue weighted by molar-refractivity contribution is -0.122. The Bertz CT molecular complexity index is 684. The molecular formula is C16H19N3O3. The van der Waals surface area contributed by atoms with Crippen LogP contribution in [0.1, 0.15) is 32.1 Å². The highest BCUT2D eigenvalue weighted by molar-refractivity contribution is 5.75. The van der Waals surface area contributed by atoms with Gasteiger partial charge in [0.15, 0.2) is 0 Å². The highest BCUT2D eigenvalue weighted by Crippen LogP contribution is 2.17. The van der Waals surface area contributed by atoms with Crippen LogP contribution in [0.3, 0.4) is 0 Å². The molecule has 0 radical (unpaired) electrons. The summed E-state index contributed by atoms with van der Waals surface area (Å²) in [6.07, 6.45) is 5.54. The Morgan fingerprint density at radius 1 is 1.23 bits per heavy atom. The van der Waals surface area contributed by atoms with Gasteiger partial charge in [0.25, 0.3) is 0 Å². The molecule has 0 saturated heterocycles. The number of nitrogens with zero attached hydrogens (tertiary/aromatic N) is 2. The van der Waals surface area contributed by atoms with Gasteiger partial charge in [-0.3, -0.25) is 4.79 Å². The van der Waals surface area contributed by atoms with E-state index in [1.807, 2.05) is 18.2 Å².